The summed E-state index contributed by atoms with van der Waals surface area (Å²) in [5.74, 6) is -0.281. The monoisotopic (exact) mass is 406 g/mol. The van der Waals surface area contributed by atoms with Gasteiger partial charge in [0.05, 0.1) is 24.3 Å². The first kappa shape index (κ1) is 18.8. The lowest BCUT2D eigenvalue weighted by atomic mass is 10.1. The maximum absolute atomic E-state index is 13.1. The number of hydrogen-bond donors (Lipinski definition) is 0. The average molecular weight is 407 g/mol. The second-order valence-corrected chi connectivity index (χ2v) is 6.82. The molecule has 0 atom stereocenters. The Balaban J connectivity index is 1.84. The van der Waals surface area contributed by atoms with Crippen molar-refractivity contribution in [2.24, 2.45) is 0 Å². The molecule has 29 heavy (non-hydrogen) atoms. The third-order valence-electron chi connectivity index (χ3n) is 4.50. The fraction of sp³-hybridized carbons (Fsp3) is 0.0952. The minimum absolute atomic E-state index is 0.0137. The molecule has 7 nitrogen and oxygen atoms in total. The number of fused-ring (bicyclic) bond motifs is 1. The number of hydrogen-bond acceptors (Lipinski definition) is 5. The number of Topliss-reactive ketones (excluding diaryl/α,β-unsaturated/α-hetero) is 1. The van der Waals surface area contributed by atoms with Gasteiger partial charge in [-0.3, -0.25) is 23.7 Å². The fourth-order valence-electron chi connectivity index (χ4n) is 3.06. The lowest BCUT2D eigenvalue weighted by Crippen LogP contribution is -2.41. The van der Waals surface area contributed by atoms with E-state index in [2.05, 4.69) is 9.97 Å². The molecule has 0 saturated heterocycles. The quantitative estimate of drug-likeness (QED) is 0.475. The second kappa shape index (κ2) is 7.81. The lowest BCUT2D eigenvalue weighted by molar-refractivity contribution is 0.0971. The molecule has 8 heteroatoms. The van der Waals surface area contributed by atoms with Crippen LogP contribution in [0.3, 0.4) is 0 Å². The molecule has 0 N–H and O–H groups in total. The Morgan fingerprint density at radius 3 is 2.38 bits per heavy atom. The van der Waals surface area contributed by atoms with Crippen molar-refractivity contribution >= 4 is 28.4 Å². The number of carbonyl (C=O) groups excluding carboxylic acids is 1. The molecule has 0 spiro atoms. The summed E-state index contributed by atoms with van der Waals surface area (Å²) in [6.45, 7) is -0.245. The molecule has 3 aromatic heterocycles. The highest BCUT2D eigenvalue weighted by atomic mass is 35.5. The van der Waals surface area contributed by atoms with Crippen molar-refractivity contribution in [3.05, 3.63) is 104 Å². The molecule has 4 aromatic rings. The van der Waals surface area contributed by atoms with E-state index in [0.29, 0.717) is 21.8 Å². The van der Waals surface area contributed by atoms with E-state index in [-0.39, 0.29) is 24.4 Å². The molecule has 0 aliphatic heterocycles. The van der Waals surface area contributed by atoms with Crippen LogP contribution in [0.1, 0.15) is 16.1 Å². The molecule has 1 aromatic carbocycles. The molecule has 3 heterocycles. The van der Waals surface area contributed by atoms with E-state index in [1.54, 1.807) is 60.8 Å². The van der Waals surface area contributed by atoms with Gasteiger partial charge in [-0.25, -0.2) is 9.78 Å². The summed E-state index contributed by atoms with van der Waals surface area (Å²) in [4.78, 5) is 47.0. The molecule has 0 amide bonds. The van der Waals surface area contributed by atoms with Crippen molar-refractivity contribution in [2.45, 2.75) is 13.1 Å². The summed E-state index contributed by atoms with van der Waals surface area (Å²) < 4.78 is 2.32. The van der Waals surface area contributed by atoms with Gasteiger partial charge in [0.2, 0.25) is 0 Å². The standard InChI is InChI=1S/C21H15ClN4O3/c22-15-8-6-14(7-9-15)18(27)13-25-17-5-3-11-24-19(17)20(28)26(21(25)29)12-16-4-1-2-10-23-16/h1-11H,12-13H2. The molecule has 144 valence electrons. The Bertz CT molecular complexity index is 1310. The maximum atomic E-state index is 13.1. The smallest absolute Gasteiger partial charge is 0.292 e. The Morgan fingerprint density at radius 1 is 0.897 bits per heavy atom. The van der Waals surface area contributed by atoms with Crippen LogP contribution in [0.25, 0.3) is 11.0 Å². The SMILES string of the molecule is O=C(Cn1c(=O)n(Cc2ccccn2)c(=O)c2ncccc21)c1ccc(Cl)cc1. The Morgan fingerprint density at radius 2 is 1.66 bits per heavy atom. The van der Waals surface area contributed by atoms with Gasteiger partial charge >= 0.3 is 5.69 Å². The zero-order chi connectivity index (χ0) is 20.4. The van der Waals surface area contributed by atoms with Crippen LogP contribution in [0.5, 0.6) is 0 Å². The second-order valence-electron chi connectivity index (χ2n) is 6.38. The van der Waals surface area contributed by atoms with Crippen LogP contribution in [0, 0.1) is 0 Å². The van der Waals surface area contributed by atoms with E-state index in [4.69, 9.17) is 11.6 Å². The van der Waals surface area contributed by atoms with Crippen molar-refractivity contribution < 1.29 is 4.79 Å². The molecule has 4 rings (SSSR count). The third kappa shape index (κ3) is 3.72. The molecular formula is C21H15ClN4O3. The van der Waals surface area contributed by atoms with E-state index in [1.807, 2.05) is 0 Å². The minimum Gasteiger partial charge on any atom is -0.292 e. The highest BCUT2D eigenvalue weighted by molar-refractivity contribution is 6.30. The van der Waals surface area contributed by atoms with Gasteiger partial charge in [-0.05, 0) is 48.5 Å². The summed E-state index contributed by atoms with van der Waals surface area (Å²) in [5, 5.41) is 0.511. The highest BCUT2D eigenvalue weighted by Gasteiger charge is 2.17. The van der Waals surface area contributed by atoms with Crippen LogP contribution in [-0.4, -0.2) is 24.9 Å². The van der Waals surface area contributed by atoms with Crippen LogP contribution >= 0.6 is 11.6 Å². The van der Waals surface area contributed by atoms with Gasteiger partial charge in [-0.2, -0.15) is 0 Å². The first-order chi connectivity index (χ1) is 14.0. The van der Waals surface area contributed by atoms with Crippen molar-refractivity contribution in [1.29, 1.82) is 0 Å². The van der Waals surface area contributed by atoms with Crippen LogP contribution in [0.15, 0.2) is 76.6 Å². The maximum Gasteiger partial charge on any atom is 0.332 e. The number of halogens is 1. The van der Waals surface area contributed by atoms with Gasteiger partial charge in [0.1, 0.15) is 0 Å². The largest absolute Gasteiger partial charge is 0.332 e. The topological polar surface area (TPSA) is 86.9 Å². The molecule has 0 unspecified atom stereocenters. The van der Waals surface area contributed by atoms with Crippen LogP contribution < -0.4 is 11.2 Å². The molecule has 0 bridgehead atoms. The predicted octanol–water partition coefficient (Wildman–Crippen LogP) is 2.54. The van der Waals surface area contributed by atoms with E-state index >= 15 is 0 Å². The van der Waals surface area contributed by atoms with E-state index in [0.717, 1.165) is 4.57 Å². The Labute approximate surface area is 169 Å². The van der Waals surface area contributed by atoms with Crippen molar-refractivity contribution in [3.63, 3.8) is 0 Å². The van der Waals surface area contributed by atoms with Crippen LogP contribution in [0.2, 0.25) is 5.02 Å². The first-order valence-electron chi connectivity index (χ1n) is 8.81. The van der Waals surface area contributed by atoms with Crippen LogP contribution in [-0.2, 0) is 13.1 Å². The number of nitrogens with zero attached hydrogens (tertiary/aromatic N) is 4. The van der Waals surface area contributed by atoms with E-state index in [1.165, 1.54) is 10.8 Å². The van der Waals surface area contributed by atoms with Crippen molar-refractivity contribution in [2.75, 3.05) is 0 Å². The Kier molecular flexibility index (Phi) is 5.05. The molecule has 0 aliphatic rings. The van der Waals surface area contributed by atoms with E-state index < -0.39 is 11.2 Å². The lowest BCUT2D eigenvalue weighted by Gasteiger charge is -2.13. The molecule has 0 radical (unpaired) electrons. The van der Waals surface area contributed by atoms with Crippen molar-refractivity contribution in [1.82, 2.24) is 19.1 Å². The molecule has 0 saturated carbocycles. The van der Waals surface area contributed by atoms with Gasteiger partial charge in [0.25, 0.3) is 5.56 Å². The summed E-state index contributed by atoms with van der Waals surface area (Å²) in [5.41, 5.74) is 0.280. The van der Waals surface area contributed by atoms with Gasteiger partial charge < -0.3 is 0 Å². The zero-order valence-electron chi connectivity index (χ0n) is 15.2. The summed E-state index contributed by atoms with van der Waals surface area (Å²) in [6.07, 6.45) is 3.06. The average Bonchev–Trinajstić information content (AvgIpc) is 2.75. The molecular weight excluding hydrogens is 392 g/mol. The molecule has 0 aliphatic carbocycles. The van der Waals surface area contributed by atoms with Gasteiger partial charge in [0.15, 0.2) is 11.3 Å². The third-order valence-corrected chi connectivity index (χ3v) is 4.75. The first-order valence-corrected chi connectivity index (χ1v) is 9.19. The number of benzene rings is 1. The van der Waals surface area contributed by atoms with Crippen molar-refractivity contribution in [3.8, 4) is 0 Å². The predicted molar refractivity (Wildman–Crippen MR) is 109 cm³/mol. The minimum atomic E-state index is -0.594. The number of aromatic nitrogens is 4. The summed E-state index contributed by atoms with van der Waals surface area (Å²) in [6, 6.07) is 14.9. The zero-order valence-corrected chi connectivity index (χ0v) is 15.9. The van der Waals surface area contributed by atoms with E-state index in [9.17, 15) is 14.4 Å². The number of carbonyl (C=O) groups is 1. The van der Waals surface area contributed by atoms with Gasteiger partial charge in [0, 0.05) is 23.0 Å². The number of rotatable bonds is 5. The number of ketones is 1. The Hall–Kier alpha value is -3.58. The number of pyridine rings is 2. The normalized spacial score (nSPS) is 10.9. The summed E-state index contributed by atoms with van der Waals surface area (Å²) >= 11 is 5.88. The summed E-state index contributed by atoms with van der Waals surface area (Å²) in [7, 11) is 0. The fourth-order valence-corrected chi connectivity index (χ4v) is 3.19. The van der Waals surface area contributed by atoms with Gasteiger partial charge in [-0.15, -0.1) is 0 Å². The molecule has 0 fully saturated rings. The van der Waals surface area contributed by atoms with Gasteiger partial charge in [-0.1, -0.05) is 17.7 Å². The highest BCUT2D eigenvalue weighted by Crippen LogP contribution is 2.12. The van der Waals surface area contributed by atoms with Crippen LogP contribution in [0.4, 0.5) is 0 Å².